The van der Waals surface area contributed by atoms with E-state index in [1.54, 1.807) is 0 Å². The number of hydrogen-bond acceptors (Lipinski definition) is 1. The van der Waals surface area contributed by atoms with Gasteiger partial charge in [-0.3, -0.25) is 0 Å². The molecule has 0 saturated carbocycles. The summed E-state index contributed by atoms with van der Waals surface area (Å²) in [5.41, 5.74) is 9.00. The van der Waals surface area contributed by atoms with E-state index in [0.29, 0.717) is 5.92 Å². The van der Waals surface area contributed by atoms with Crippen molar-refractivity contribution in [2.75, 3.05) is 0 Å². The first kappa shape index (κ1) is 27.3. The Morgan fingerprint density at radius 2 is 1.45 bits per heavy atom. The van der Waals surface area contributed by atoms with Gasteiger partial charge in [0.15, 0.2) is 6.20 Å². The number of aryl methyl sites for hydroxylation is 2. The molecule has 206 valence electrons. The van der Waals surface area contributed by atoms with Crippen molar-refractivity contribution in [1.29, 1.82) is 0 Å². The van der Waals surface area contributed by atoms with E-state index in [9.17, 15) is 0 Å². The first-order chi connectivity index (χ1) is 18.7. The molecule has 4 aromatic carbocycles. The van der Waals surface area contributed by atoms with Crippen LogP contribution in [0.25, 0.3) is 43.6 Å². The molecule has 0 N–H and O–H groups in total. The molecule has 0 amide bonds. The van der Waals surface area contributed by atoms with Crippen molar-refractivity contribution in [2.45, 2.75) is 90.9 Å². The van der Waals surface area contributed by atoms with Crippen molar-refractivity contribution < 1.29 is 4.57 Å². The minimum absolute atomic E-state index is 0.181. The molecule has 1 aliphatic rings. The van der Waals surface area contributed by atoms with Crippen LogP contribution in [0, 0.1) is 17.8 Å². The van der Waals surface area contributed by atoms with Crippen molar-refractivity contribution in [3.8, 4) is 11.3 Å². The van der Waals surface area contributed by atoms with Gasteiger partial charge in [-0.25, -0.2) is 4.57 Å². The summed E-state index contributed by atoms with van der Waals surface area (Å²) >= 11 is 2.02. The summed E-state index contributed by atoms with van der Waals surface area (Å²) in [5.74, 6) is 0.518. The quantitative estimate of drug-likeness (QED) is 0.158. The van der Waals surface area contributed by atoms with E-state index in [-0.39, 0.29) is 10.8 Å². The van der Waals surface area contributed by atoms with Crippen LogP contribution in [0.15, 0.2) is 64.5 Å². The zero-order chi connectivity index (χ0) is 28.7. The number of hydrogen-bond donors (Lipinski definition) is 0. The van der Waals surface area contributed by atoms with Crippen LogP contribution in [0.5, 0.6) is 0 Å². The lowest BCUT2D eigenvalue weighted by molar-refractivity contribution is -0.659. The van der Waals surface area contributed by atoms with Gasteiger partial charge >= 0.3 is 0 Å². The molecule has 1 aromatic heterocycles. The molecular formula is C38H44NS+. The molecule has 0 radical (unpaired) electrons. The summed E-state index contributed by atoms with van der Waals surface area (Å²) < 4.78 is 2.37. The number of benzene rings is 4. The lowest BCUT2D eigenvalue weighted by Crippen LogP contribution is -2.32. The molecule has 1 nitrogen and oxygen atoms in total. The molecule has 2 heteroatoms. The van der Waals surface area contributed by atoms with E-state index in [0.717, 1.165) is 12.8 Å². The van der Waals surface area contributed by atoms with Gasteiger partial charge in [-0.1, -0.05) is 104 Å². The van der Waals surface area contributed by atoms with Crippen LogP contribution in [0.4, 0.5) is 0 Å². The SMILES string of the molecule is Cc1c2c(c(CC(C)(C)C)c3ccc(CC(C)(C)C)cc13)Sc1c3ccc(C(C)C)cc3cc3cc[n+](C)c-2c13. The van der Waals surface area contributed by atoms with E-state index >= 15 is 0 Å². The Bertz CT molecular complexity index is 1830. The van der Waals surface area contributed by atoms with E-state index in [2.05, 4.69) is 129 Å². The summed E-state index contributed by atoms with van der Waals surface area (Å²) in [5, 5.41) is 8.32. The molecule has 0 unspecified atom stereocenters. The van der Waals surface area contributed by atoms with Crippen LogP contribution in [-0.4, -0.2) is 0 Å². The van der Waals surface area contributed by atoms with E-state index in [1.165, 1.54) is 75.6 Å². The zero-order valence-electron chi connectivity index (χ0n) is 26.0. The Morgan fingerprint density at radius 3 is 2.12 bits per heavy atom. The van der Waals surface area contributed by atoms with E-state index < -0.39 is 0 Å². The largest absolute Gasteiger partial charge is 0.222 e. The third-order valence-corrected chi connectivity index (χ3v) is 9.74. The Labute approximate surface area is 245 Å². The molecule has 0 aliphatic carbocycles. The van der Waals surface area contributed by atoms with Crippen LogP contribution in [-0.2, 0) is 19.9 Å². The predicted molar refractivity (Wildman–Crippen MR) is 175 cm³/mol. The molecule has 0 atom stereocenters. The number of aromatic nitrogens is 1. The first-order valence-electron chi connectivity index (χ1n) is 14.9. The second-order valence-corrected chi connectivity index (χ2v) is 15.9. The molecule has 0 fully saturated rings. The van der Waals surface area contributed by atoms with Crippen LogP contribution in [0.2, 0.25) is 0 Å². The highest BCUT2D eigenvalue weighted by molar-refractivity contribution is 8.00. The highest BCUT2D eigenvalue weighted by Gasteiger charge is 2.33. The molecule has 2 heterocycles. The van der Waals surface area contributed by atoms with Gasteiger partial charge in [0.25, 0.3) is 0 Å². The molecule has 1 aliphatic heterocycles. The van der Waals surface area contributed by atoms with Gasteiger partial charge in [-0.2, -0.15) is 0 Å². The van der Waals surface area contributed by atoms with Gasteiger partial charge in [0.05, 0.1) is 10.9 Å². The topological polar surface area (TPSA) is 3.88 Å². The smallest absolute Gasteiger partial charge is 0.200 e. The standard InChI is InChI=1S/C38H44NS/c1-22(2)25-12-14-28-27(18-25)19-26-15-16-39(10)34-32-23(3)30-17-24(20-37(4,5)6)11-13-29(30)31(21-38(7,8)9)36(32)40-35(28)33(26)34/h11-19,22H,20-21H2,1-10H3/q+1. The number of nitrogens with zero attached hydrogens (tertiary/aromatic N) is 1. The predicted octanol–water partition coefficient (Wildman–Crippen LogP) is 10.7. The average Bonchev–Trinajstić information content (AvgIpc) is 2.86. The minimum Gasteiger partial charge on any atom is -0.200 e. The maximum absolute atomic E-state index is 2.50. The van der Waals surface area contributed by atoms with Gasteiger partial charge in [0.1, 0.15) is 7.05 Å². The van der Waals surface area contributed by atoms with Crippen LogP contribution < -0.4 is 4.57 Å². The van der Waals surface area contributed by atoms with Crippen molar-refractivity contribution in [2.24, 2.45) is 17.9 Å². The number of pyridine rings is 1. The minimum atomic E-state index is 0.181. The lowest BCUT2D eigenvalue weighted by Gasteiger charge is -2.29. The lowest BCUT2D eigenvalue weighted by atomic mass is 9.81. The van der Waals surface area contributed by atoms with Crippen LogP contribution in [0.1, 0.15) is 83.6 Å². The van der Waals surface area contributed by atoms with Crippen molar-refractivity contribution in [3.63, 3.8) is 0 Å². The molecule has 40 heavy (non-hydrogen) atoms. The highest BCUT2D eigenvalue weighted by Crippen LogP contribution is 2.54. The summed E-state index contributed by atoms with van der Waals surface area (Å²) in [4.78, 5) is 2.87. The van der Waals surface area contributed by atoms with Gasteiger partial charge < -0.3 is 0 Å². The molecule has 5 aromatic rings. The molecule has 0 spiro atoms. The van der Waals surface area contributed by atoms with Crippen LogP contribution >= 0.6 is 11.8 Å². The third-order valence-electron chi connectivity index (χ3n) is 8.45. The van der Waals surface area contributed by atoms with Crippen molar-refractivity contribution in [3.05, 3.63) is 77.0 Å². The average molecular weight is 547 g/mol. The molecule has 0 bridgehead atoms. The maximum Gasteiger partial charge on any atom is 0.222 e. The molecule has 0 saturated heterocycles. The normalized spacial score (nSPS) is 13.6. The molecular weight excluding hydrogens is 502 g/mol. The zero-order valence-corrected chi connectivity index (χ0v) is 26.9. The Kier molecular flexibility index (Phi) is 6.39. The second-order valence-electron chi connectivity index (χ2n) is 14.8. The Hall–Kier alpha value is -2.84. The fraction of sp³-hybridized carbons (Fsp3) is 0.395. The maximum atomic E-state index is 2.50. The fourth-order valence-corrected chi connectivity index (χ4v) is 8.14. The fourth-order valence-electron chi connectivity index (χ4n) is 6.67. The monoisotopic (exact) mass is 546 g/mol. The van der Waals surface area contributed by atoms with Crippen molar-refractivity contribution in [1.82, 2.24) is 0 Å². The summed E-state index contributed by atoms with van der Waals surface area (Å²) in [6.45, 7) is 21.1. The number of rotatable bonds is 3. The van der Waals surface area contributed by atoms with Gasteiger partial charge in [-0.15, -0.1) is 0 Å². The summed E-state index contributed by atoms with van der Waals surface area (Å²) in [6.07, 6.45) is 4.40. The van der Waals surface area contributed by atoms with E-state index in [4.69, 9.17) is 0 Å². The second kappa shape index (κ2) is 9.35. The van der Waals surface area contributed by atoms with Crippen LogP contribution in [0.3, 0.4) is 0 Å². The molecule has 6 rings (SSSR count). The Morgan fingerprint density at radius 1 is 0.750 bits per heavy atom. The van der Waals surface area contributed by atoms with Gasteiger partial charge in [-0.05, 0) is 91.8 Å². The summed E-state index contributed by atoms with van der Waals surface area (Å²) in [6, 6.07) is 19.2. The van der Waals surface area contributed by atoms with Crippen molar-refractivity contribution >= 4 is 44.1 Å². The first-order valence-corrected chi connectivity index (χ1v) is 15.7. The number of fused-ring (bicyclic) bond motifs is 5. The van der Waals surface area contributed by atoms with E-state index in [1.807, 2.05) is 11.8 Å². The Balaban J connectivity index is 1.74. The summed E-state index contributed by atoms with van der Waals surface area (Å²) in [7, 11) is 2.23. The third kappa shape index (κ3) is 4.63. The van der Waals surface area contributed by atoms with Gasteiger partial charge in [0.2, 0.25) is 5.69 Å². The highest BCUT2D eigenvalue weighted by atomic mass is 32.2. The van der Waals surface area contributed by atoms with Gasteiger partial charge in [0, 0.05) is 15.9 Å².